The lowest BCUT2D eigenvalue weighted by Gasteiger charge is -2.50. The number of Topliss-reactive ketones (excluding diaryl/α,β-unsaturated/α-hetero) is 1. The molecule has 5 heterocycles. The highest BCUT2D eigenvalue weighted by Crippen LogP contribution is 2.42. The number of rotatable bonds is 20. The smallest absolute Gasteiger partial charge is 0.341 e. The Morgan fingerprint density at radius 2 is 1.54 bits per heavy atom. The van der Waals surface area contributed by atoms with Gasteiger partial charge in [-0.15, -0.1) is 0 Å². The zero-order valence-corrected chi connectivity index (χ0v) is 49.4. The van der Waals surface area contributed by atoms with Gasteiger partial charge in [-0.2, -0.15) is 0 Å². The average Bonchev–Trinajstić information content (AvgIpc) is 3.52. The van der Waals surface area contributed by atoms with E-state index in [1.807, 2.05) is 43.5 Å². The number of ether oxygens (including phenoxy) is 10. The fourth-order valence-corrected chi connectivity index (χ4v) is 12.4. The molecule has 5 N–H and O–H groups in total. The van der Waals surface area contributed by atoms with Gasteiger partial charge in [0.15, 0.2) is 18.7 Å². The number of aromatic carboxylic acids is 1. The van der Waals surface area contributed by atoms with Gasteiger partial charge < -0.3 is 82.6 Å². The third kappa shape index (κ3) is 14.6. The van der Waals surface area contributed by atoms with Crippen molar-refractivity contribution in [3.63, 3.8) is 0 Å². The van der Waals surface area contributed by atoms with Crippen LogP contribution >= 0.6 is 0 Å². The van der Waals surface area contributed by atoms with E-state index in [9.17, 15) is 44.4 Å². The number of nitrogens with zero attached hydrogens (tertiary/aromatic N) is 2. The first kappa shape index (κ1) is 65.0. The minimum Gasteiger partial charge on any atom is -0.477 e. The Labute approximate surface area is 470 Å². The van der Waals surface area contributed by atoms with Gasteiger partial charge in [0.25, 0.3) is 0 Å². The molecule has 4 aliphatic heterocycles. The molecule has 18 atom stereocenters. The maximum atomic E-state index is 14.6. The lowest BCUT2D eigenvalue weighted by atomic mass is 9.74. The summed E-state index contributed by atoms with van der Waals surface area (Å²) in [5.41, 5.74) is -2.87. The summed E-state index contributed by atoms with van der Waals surface area (Å²) in [5.74, 6) is -6.68. The minimum absolute atomic E-state index is 0.0221. The van der Waals surface area contributed by atoms with Crippen molar-refractivity contribution in [2.75, 3.05) is 66.6 Å². The molecule has 0 aliphatic carbocycles. The van der Waals surface area contributed by atoms with Gasteiger partial charge in [0, 0.05) is 74.8 Å². The van der Waals surface area contributed by atoms with Gasteiger partial charge in [0.1, 0.15) is 34.8 Å². The monoisotopic (exact) mass is 1130 g/mol. The van der Waals surface area contributed by atoms with Crippen molar-refractivity contribution in [3.8, 4) is 0 Å². The fourth-order valence-electron chi connectivity index (χ4n) is 12.4. The van der Waals surface area contributed by atoms with Crippen molar-refractivity contribution in [1.29, 1.82) is 0 Å². The number of carboxylic acids is 1. The third-order valence-electron chi connectivity index (χ3n) is 17.2. The highest BCUT2D eigenvalue weighted by molar-refractivity contribution is 5.95. The van der Waals surface area contributed by atoms with E-state index in [0.29, 0.717) is 37.2 Å². The second-order valence-electron chi connectivity index (χ2n) is 23.5. The van der Waals surface area contributed by atoms with E-state index in [1.54, 1.807) is 47.6 Å². The standard InChI is InChI=1S/C58H91N3O19/c1-15-42-58(10,70)50(66)33(4)46(63)31(2)28-56(8,71-13)51(80-55-48(65)41(60(11)12)25-32(3)75-55)34(5)49(35(6)54(69)77-42)79-44-29-57(9,72-14)52(36(7)76-44)78-43(62)18-21-73-23-24-74-22-19-59-38-26-37-17-16-20-61-30-40(53(67)68)47(64)39(27-38)45(37)61/h26-27,30-36,41-42,44,48-52,55,59,65-66,70H,15-25,28-29H2,1-14H3,(H,67,68)/t31-,32-,33+,34+,35-,36+,41+,42-,44+,48-,49+,50-,51-,52+,55+,56-,57-,58-/m1/s1. The first-order valence-electron chi connectivity index (χ1n) is 28.4. The predicted molar refractivity (Wildman–Crippen MR) is 293 cm³/mol. The number of carboxylic acid groups (broad SMARTS) is 1. The SMILES string of the molecule is CC[C@H]1OC(=O)[C@H](C)[C@@H](O[C@H]2C[C@@](C)(OC)[C@@H](OC(=O)CCOCCOCCNc3cc4c5c(c3)c(=O)c(C(=O)O)cn5CCC4)[C@H](C)O2)[C@H](C)[C@@H](O[C@@H]2O[C@H](C)C[C@H](N(C)C)[C@H]2O)[C@](C)(OC)C[C@@H](C)C(=O)[C@H](C)[C@@H](O)[C@]1(C)O. The second-order valence-corrected chi connectivity index (χ2v) is 23.5. The first-order chi connectivity index (χ1) is 37.6. The van der Waals surface area contributed by atoms with E-state index in [1.165, 1.54) is 34.3 Å². The molecule has 22 nitrogen and oxygen atoms in total. The summed E-state index contributed by atoms with van der Waals surface area (Å²) < 4.78 is 64.5. The molecule has 3 fully saturated rings. The number of aryl methyl sites for hydroxylation is 2. The van der Waals surface area contributed by atoms with E-state index >= 15 is 0 Å². The minimum atomic E-state index is -2.03. The van der Waals surface area contributed by atoms with Crippen LogP contribution in [0.4, 0.5) is 5.69 Å². The lowest BCUT2D eigenvalue weighted by Crippen LogP contribution is -2.61. The van der Waals surface area contributed by atoms with Crippen LogP contribution in [0.1, 0.15) is 124 Å². The van der Waals surface area contributed by atoms with Crippen molar-refractivity contribution >= 4 is 40.3 Å². The largest absolute Gasteiger partial charge is 0.477 e. The number of esters is 2. The van der Waals surface area contributed by atoms with Gasteiger partial charge in [0.05, 0.1) is 80.4 Å². The molecule has 0 amide bonds. The molecule has 0 unspecified atom stereocenters. The van der Waals surface area contributed by atoms with Gasteiger partial charge in [-0.05, 0) is 105 Å². The molecule has 22 heteroatoms. The number of benzene rings is 1. The van der Waals surface area contributed by atoms with Crippen molar-refractivity contribution in [2.45, 2.75) is 205 Å². The van der Waals surface area contributed by atoms with Crippen LogP contribution < -0.4 is 10.7 Å². The third-order valence-corrected chi connectivity index (χ3v) is 17.2. The molecule has 0 spiro atoms. The van der Waals surface area contributed by atoms with Gasteiger partial charge in [-0.1, -0.05) is 27.7 Å². The average molecular weight is 1130 g/mol. The molecule has 0 bridgehead atoms. The van der Waals surface area contributed by atoms with Crippen LogP contribution in [0.3, 0.4) is 0 Å². The number of aliphatic hydroxyl groups excluding tert-OH is 2. The predicted octanol–water partition coefficient (Wildman–Crippen LogP) is 4.49. The van der Waals surface area contributed by atoms with Crippen molar-refractivity contribution in [3.05, 3.63) is 39.7 Å². The summed E-state index contributed by atoms with van der Waals surface area (Å²) in [6, 6.07) is 3.33. The van der Waals surface area contributed by atoms with Gasteiger partial charge in [0.2, 0.25) is 5.43 Å². The number of hydrogen-bond acceptors (Lipinski definition) is 20. The Kier molecular flexibility index (Phi) is 22.3. The van der Waals surface area contributed by atoms with Crippen LogP contribution in [0.5, 0.6) is 0 Å². The number of cyclic esters (lactones) is 1. The number of likely N-dealkylation sites (N-methyl/N-ethyl adjacent to an activating group) is 1. The van der Waals surface area contributed by atoms with Crippen molar-refractivity contribution in [2.24, 2.45) is 23.7 Å². The molecule has 3 saturated heterocycles. The molecule has 6 rings (SSSR count). The summed E-state index contributed by atoms with van der Waals surface area (Å²) in [5, 5.41) is 48.5. The van der Waals surface area contributed by atoms with Crippen LogP contribution in [0, 0.1) is 23.7 Å². The summed E-state index contributed by atoms with van der Waals surface area (Å²) in [6.45, 7) is 18.8. The van der Waals surface area contributed by atoms with Crippen LogP contribution in [-0.4, -0.2) is 199 Å². The maximum Gasteiger partial charge on any atom is 0.341 e. The van der Waals surface area contributed by atoms with E-state index in [-0.39, 0.29) is 69.0 Å². The normalized spacial score (nSPS) is 36.5. The van der Waals surface area contributed by atoms with Gasteiger partial charge in [-0.3, -0.25) is 19.2 Å². The van der Waals surface area contributed by atoms with E-state index in [2.05, 4.69) is 5.32 Å². The maximum absolute atomic E-state index is 14.6. The summed E-state index contributed by atoms with van der Waals surface area (Å²) >= 11 is 0. The number of aliphatic hydroxyl groups is 3. The Hall–Kier alpha value is -4.17. The van der Waals surface area contributed by atoms with E-state index in [0.717, 1.165) is 23.9 Å². The topological polar surface area (TPSA) is 279 Å². The number of carbonyl (C=O) groups excluding carboxylic acids is 3. The number of nitrogens with one attached hydrogen (secondary N) is 1. The van der Waals surface area contributed by atoms with Gasteiger partial charge >= 0.3 is 17.9 Å². The quantitative estimate of drug-likeness (QED) is 0.0902. The van der Waals surface area contributed by atoms with E-state index in [4.69, 9.17) is 47.4 Å². The lowest BCUT2D eigenvalue weighted by molar-refractivity contribution is -0.320. The number of ketones is 1. The molecule has 0 saturated carbocycles. The molecule has 4 aliphatic rings. The molecular formula is C58H91N3O19. The number of hydrogen-bond donors (Lipinski definition) is 5. The summed E-state index contributed by atoms with van der Waals surface area (Å²) in [4.78, 5) is 68.9. The van der Waals surface area contributed by atoms with Crippen molar-refractivity contribution < 1.29 is 87.0 Å². The highest BCUT2D eigenvalue weighted by atomic mass is 16.7. The fraction of sp³-hybridized carbons (Fsp3) is 0.776. The molecule has 80 heavy (non-hydrogen) atoms. The molecule has 1 aromatic heterocycles. The number of pyridine rings is 1. The van der Waals surface area contributed by atoms with Crippen LogP contribution in [0.2, 0.25) is 0 Å². The zero-order valence-electron chi connectivity index (χ0n) is 49.4. The Balaban J connectivity index is 1.12. The Morgan fingerprint density at radius 1 is 0.875 bits per heavy atom. The Morgan fingerprint density at radius 3 is 2.17 bits per heavy atom. The molecule has 1 aromatic carbocycles. The zero-order chi connectivity index (χ0) is 59.2. The van der Waals surface area contributed by atoms with Crippen LogP contribution in [-0.2, 0) is 74.7 Å². The van der Waals surface area contributed by atoms with Crippen LogP contribution in [0.25, 0.3) is 10.9 Å². The number of methoxy groups -OCH3 is 2. The van der Waals surface area contributed by atoms with E-state index < -0.39 is 119 Å². The number of aromatic nitrogens is 1. The molecule has 2 aromatic rings. The Bertz CT molecular complexity index is 2510. The highest BCUT2D eigenvalue weighted by Gasteiger charge is 2.55. The first-order valence-corrected chi connectivity index (χ1v) is 28.4. The number of carbonyl (C=O) groups is 4. The van der Waals surface area contributed by atoms with Crippen LogP contribution in [0.15, 0.2) is 23.1 Å². The summed E-state index contributed by atoms with van der Waals surface area (Å²) in [7, 11) is 6.70. The van der Waals surface area contributed by atoms with Crippen molar-refractivity contribution in [1.82, 2.24) is 9.47 Å². The summed E-state index contributed by atoms with van der Waals surface area (Å²) in [6.07, 6.45) is -6.76. The van der Waals surface area contributed by atoms with Gasteiger partial charge in [-0.25, -0.2) is 4.79 Å². The molecule has 0 radical (unpaired) electrons. The molecule has 452 valence electrons. The molecular weight excluding hydrogens is 1040 g/mol. The second kappa shape index (κ2) is 27.5. The number of anilines is 1.